The molecule has 102 valence electrons. The molecule has 3 nitrogen and oxygen atoms in total. The molecule has 0 amide bonds. The summed E-state index contributed by atoms with van der Waals surface area (Å²) in [6, 6.07) is 0. The Labute approximate surface area is 119 Å². The van der Waals surface area contributed by atoms with Crippen LogP contribution in [0.1, 0.15) is 61.0 Å². The highest BCUT2D eigenvalue weighted by molar-refractivity contribution is 6.30. The molecule has 0 bridgehead atoms. The number of fused-ring (bicyclic) bond motifs is 1. The third-order valence-electron chi connectivity index (χ3n) is 4.35. The molecule has 0 atom stereocenters. The van der Waals surface area contributed by atoms with Gasteiger partial charge in [0.1, 0.15) is 5.15 Å². The predicted octanol–water partition coefficient (Wildman–Crippen LogP) is 4.22. The first kappa shape index (κ1) is 12.9. The monoisotopic (exact) mass is 277 g/mol. The van der Waals surface area contributed by atoms with E-state index in [4.69, 9.17) is 16.6 Å². The molecule has 1 saturated carbocycles. The minimum absolute atomic E-state index is 0.569. The van der Waals surface area contributed by atoms with Gasteiger partial charge in [0.25, 0.3) is 0 Å². The van der Waals surface area contributed by atoms with Crippen molar-refractivity contribution < 1.29 is 0 Å². The summed E-state index contributed by atoms with van der Waals surface area (Å²) >= 11 is 6.63. The van der Waals surface area contributed by atoms with E-state index in [9.17, 15) is 0 Å². The van der Waals surface area contributed by atoms with E-state index in [1.54, 1.807) is 0 Å². The van der Waals surface area contributed by atoms with Gasteiger partial charge in [0.05, 0.1) is 5.69 Å². The van der Waals surface area contributed by atoms with Crippen LogP contribution in [-0.2, 0) is 6.42 Å². The highest BCUT2D eigenvalue weighted by atomic mass is 35.5. The lowest BCUT2D eigenvalue weighted by molar-refractivity contribution is 0.699. The average molecular weight is 278 g/mol. The van der Waals surface area contributed by atoms with Crippen LogP contribution in [0.15, 0.2) is 0 Å². The van der Waals surface area contributed by atoms with Crippen LogP contribution in [-0.4, -0.2) is 14.6 Å². The quantitative estimate of drug-likeness (QED) is 0.770. The number of aromatic nitrogens is 3. The zero-order chi connectivity index (χ0) is 13.6. The molecule has 0 aromatic carbocycles. The molecular formula is C15H20ClN3. The lowest BCUT2D eigenvalue weighted by Gasteiger charge is -2.15. The third-order valence-corrected chi connectivity index (χ3v) is 4.71. The summed E-state index contributed by atoms with van der Waals surface area (Å²) in [6.45, 7) is 6.26. The van der Waals surface area contributed by atoms with E-state index in [-0.39, 0.29) is 0 Å². The Balaban J connectivity index is 2.25. The Morgan fingerprint density at radius 3 is 2.53 bits per heavy atom. The Kier molecular flexibility index (Phi) is 3.25. The van der Waals surface area contributed by atoms with Crippen molar-refractivity contribution in [2.24, 2.45) is 0 Å². The molecule has 0 aliphatic heterocycles. The third kappa shape index (κ3) is 1.95. The molecule has 0 radical (unpaired) electrons. The Morgan fingerprint density at radius 1 is 1.21 bits per heavy atom. The normalized spacial score (nSPS) is 16.6. The van der Waals surface area contributed by atoms with Gasteiger partial charge in [0, 0.05) is 16.8 Å². The summed E-state index contributed by atoms with van der Waals surface area (Å²) in [5, 5.41) is 5.35. The maximum absolute atomic E-state index is 6.63. The molecule has 4 heteroatoms. The lowest BCUT2D eigenvalue weighted by Crippen LogP contribution is -2.06. The summed E-state index contributed by atoms with van der Waals surface area (Å²) in [5.74, 6) is 0.569. The molecule has 2 aromatic rings. The van der Waals surface area contributed by atoms with Gasteiger partial charge in [-0.15, -0.1) is 0 Å². The van der Waals surface area contributed by atoms with Crippen LogP contribution < -0.4 is 0 Å². The molecule has 1 fully saturated rings. The molecule has 0 unspecified atom stereocenters. The molecule has 19 heavy (non-hydrogen) atoms. The SMILES string of the molecule is CCc1c(C)nn2c(Cl)c(C3CCCC3)c(C)nc12. The lowest BCUT2D eigenvalue weighted by atomic mass is 9.98. The van der Waals surface area contributed by atoms with Crippen molar-refractivity contribution in [2.75, 3.05) is 0 Å². The van der Waals surface area contributed by atoms with E-state index in [0.29, 0.717) is 5.92 Å². The minimum atomic E-state index is 0.569. The van der Waals surface area contributed by atoms with Crippen molar-refractivity contribution >= 4 is 17.2 Å². The fourth-order valence-corrected chi connectivity index (χ4v) is 3.78. The first-order chi connectivity index (χ1) is 9.13. The van der Waals surface area contributed by atoms with Gasteiger partial charge in [-0.1, -0.05) is 31.4 Å². The molecule has 2 heterocycles. The van der Waals surface area contributed by atoms with Crippen LogP contribution in [0.4, 0.5) is 0 Å². The second-order valence-corrected chi connectivity index (χ2v) is 5.89. The van der Waals surface area contributed by atoms with Crippen molar-refractivity contribution in [3.05, 3.63) is 27.7 Å². The maximum Gasteiger partial charge on any atom is 0.160 e. The number of halogens is 1. The van der Waals surface area contributed by atoms with Gasteiger partial charge in [-0.05, 0) is 39.0 Å². The van der Waals surface area contributed by atoms with Crippen LogP contribution >= 0.6 is 11.6 Å². The zero-order valence-electron chi connectivity index (χ0n) is 11.8. The number of aryl methyl sites for hydroxylation is 3. The smallest absolute Gasteiger partial charge is 0.160 e. The highest BCUT2D eigenvalue weighted by Crippen LogP contribution is 2.39. The van der Waals surface area contributed by atoms with E-state index in [2.05, 4.69) is 18.9 Å². The van der Waals surface area contributed by atoms with Crippen molar-refractivity contribution in [1.82, 2.24) is 14.6 Å². The largest absolute Gasteiger partial charge is 0.233 e. The molecule has 0 saturated heterocycles. The van der Waals surface area contributed by atoms with Crippen LogP contribution in [0.25, 0.3) is 5.65 Å². The number of hydrogen-bond donors (Lipinski definition) is 0. The molecule has 0 spiro atoms. The van der Waals surface area contributed by atoms with E-state index in [1.165, 1.54) is 36.8 Å². The van der Waals surface area contributed by atoms with Crippen molar-refractivity contribution in [3.8, 4) is 0 Å². The van der Waals surface area contributed by atoms with Gasteiger partial charge in [-0.3, -0.25) is 0 Å². The molecule has 3 rings (SSSR count). The van der Waals surface area contributed by atoms with Gasteiger partial charge in [-0.25, -0.2) is 9.50 Å². The second-order valence-electron chi connectivity index (χ2n) is 5.54. The van der Waals surface area contributed by atoms with Gasteiger partial charge in [-0.2, -0.15) is 5.10 Å². The number of hydrogen-bond acceptors (Lipinski definition) is 2. The highest BCUT2D eigenvalue weighted by Gasteiger charge is 2.25. The Morgan fingerprint density at radius 2 is 1.89 bits per heavy atom. The van der Waals surface area contributed by atoms with Gasteiger partial charge in [0.15, 0.2) is 5.65 Å². The van der Waals surface area contributed by atoms with E-state index >= 15 is 0 Å². The van der Waals surface area contributed by atoms with Crippen molar-refractivity contribution in [1.29, 1.82) is 0 Å². The van der Waals surface area contributed by atoms with Crippen LogP contribution in [0.5, 0.6) is 0 Å². The summed E-state index contributed by atoms with van der Waals surface area (Å²) in [5.41, 5.74) is 5.49. The van der Waals surface area contributed by atoms with Gasteiger partial charge in [0.2, 0.25) is 0 Å². The second kappa shape index (κ2) is 4.78. The molecule has 0 N–H and O–H groups in total. The molecular weight excluding hydrogens is 258 g/mol. The van der Waals surface area contributed by atoms with E-state index in [1.807, 2.05) is 11.4 Å². The first-order valence-electron chi connectivity index (χ1n) is 7.17. The average Bonchev–Trinajstić information content (AvgIpc) is 2.97. The fourth-order valence-electron chi connectivity index (χ4n) is 3.37. The number of nitrogens with zero attached hydrogens (tertiary/aromatic N) is 3. The minimum Gasteiger partial charge on any atom is -0.233 e. The van der Waals surface area contributed by atoms with E-state index < -0.39 is 0 Å². The Bertz CT molecular complexity index is 624. The van der Waals surface area contributed by atoms with Crippen molar-refractivity contribution in [2.45, 2.75) is 58.8 Å². The molecule has 2 aromatic heterocycles. The van der Waals surface area contributed by atoms with E-state index in [0.717, 1.165) is 28.6 Å². The zero-order valence-corrected chi connectivity index (χ0v) is 12.6. The maximum atomic E-state index is 6.63. The first-order valence-corrected chi connectivity index (χ1v) is 7.55. The standard InChI is InChI=1S/C15H20ClN3/c1-4-12-9(2)18-19-14(16)13(10(3)17-15(12)19)11-7-5-6-8-11/h11H,4-8H2,1-3H3. The van der Waals surface area contributed by atoms with Crippen LogP contribution in [0.2, 0.25) is 5.15 Å². The summed E-state index contributed by atoms with van der Waals surface area (Å²) in [7, 11) is 0. The predicted molar refractivity (Wildman–Crippen MR) is 78.1 cm³/mol. The molecule has 1 aliphatic rings. The molecule has 1 aliphatic carbocycles. The fraction of sp³-hybridized carbons (Fsp3) is 0.600. The van der Waals surface area contributed by atoms with Crippen LogP contribution in [0.3, 0.4) is 0 Å². The van der Waals surface area contributed by atoms with Crippen LogP contribution in [0, 0.1) is 13.8 Å². The number of rotatable bonds is 2. The Hall–Kier alpha value is -1.09. The van der Waals surface area contributed by atoms with Gasteiger partial charge < -0.3 is 0 Å². The summed E-state index contributed by atoms with van der Waals surface area (Å²) in [6.07, 6.45) is 6.01. The van der Waals surface area contributed by atoms with Gasteiger partial charge >= 0.3 is 0 Å². The summed E-state index contributed by atoms with van der Waals surface area (Å²) in [4.78, 5) is 4.79. The topological polar surface area (TPSA) is 30.2 Å². The van der Waals surface area contributed by atoms with Crippen molar-refractivity contribution in [3.63, 3.8) is 0 Å². The summed E-state index contributed by atoms with van der Waals surface area (Å²) < 4.78 is 1.84.